The molecule has 0 saturated heterocycles. The van der Waals surface area contributed by atoms with E-state index < -0.39 is 5.41 Å². The third kappa shape index (κ3) is 2.82. The molecule has 37 heavy (non-hydrogen) atoms. The van der Waals surface area contributed by atoms with Crippen LogP contribution in [0.2, 0.25) is 0 Å². The Morgan fingerprint density at radius 3 is 1.65 bits per heavy atom. The van der Waals surface area contributed by atoms with Gasteiger partial charge in [0.25, 0.3) is 0 Å². The van der Waals surface area contributed by atoms with Gasteiger partial charge in [-0.05, 0) is 171 Å². The molecular formula is C35H36O2. The highest BCUT2D eigenvalue weighted by atomic mass is 16.5. The zero-order chi connectivity index (χ0) is 26.5. The molecule has 3 aromatic carbocycles. The molecule has 1 spiro atoms. The zero-order valence-electron chi connectivity index (χ0n) is 23.8. The van der Waals surface area contributed by atoms with E-state index in [2.05, 4.69) is 87.4 Å². The molecule has 0 atom stereocenters. The van der Waals surface area contributed by atoms with Gasteiger partial charge in [-0.25, -0.2) is 0 Å². The summed E-state index contributed by atoms with van der Waals surface area (Å²) in [4.78, 5) is 0. The minimum Gasteiger partial charge on any atom is -0.465 e. The van der Waals surface area contributed by atoms with E-state index in [0.29, 0.717) is 0 Å². The topological polar surface area (TPSA) is 22.4 Å². The number of hydrogen-bond donors (Lipinski definition) is 0. The SMILES string of the molecule is CC1=C(C)c2c(C)c(C)c(C)c(C)c2C2(C=COc3cc4ccoc4cc32)c2c(C)c(C)c(C)c(C)c21. The van der Waals surface area contributed by atoms with Crippen LogP contribution in [0.5, 0.6) is 5.75 Å². The highest BCUT2D eigenvalue weighted by molar-refractivity contribution is 5.98. The van der Waals surface area contributed by atoms with Gasteiger partial charge in [0.1, 0.15) is 11.3 Å². The largest absolute Gasteiger partial charge is 0.465 e. The monoisotopic (exact) mass is 488 g/mol. The van der Waals surface area contributed by atoms with Crippen LogP contribution in [-0.4, -0.2) is 0 Å². The number of rotatable bonds is 0. The normalized spacial score (nSPS) is 15.5. The molecule has 1 aliphatic carbocycles. The first-order valence-corrected chi connectivity index (χ1v) is 13.3. The van der Waals surface area contributed by atoms with Crippen molar-refractivity contribution in [3.63, 3.8) is 0 Å². The molecule has 0 unspecified atom stereocenters. The van der Waals surface area contributed by atoms with Crippen LogP contribution in [0.3, 0.4) is 0 Å². The molecule has 4 aromatic rings. The maximum absolute atomic E-state index is 6.27. The summed E-state index contributed by atoms with van der Waals surface area (Å²) in [5, 5.41) is 1.06. The Morgan fingerprint density at radius 1 is 0.595 bits per heavy atom. The highest BCUT2D eigenvalue weighted by Crippen LogP contribution is 2.58. The second kappa shape index (κ2) is 7.74. The fourth-order valence-electron chi connectivity index (χ4n) is 7.18. The van der Waals surface area contributed by atoms with Crippen molar-refractivity contribution in [3.05, 3.63) is 109 Å². The van der Waals surface area contributed by atoms with E-state index in [4.69, 9.17) is 9.15 Å². The van der Waals surface area contributed by atoms with Crippen molar-refractivity contribution in [2.24, 2.45) is 0 Å². The molecule has 6 rings (SSSR count). The standard InChI is InChI=1S/C35H36O2/c1-17-19(3)25(9)33-31(21(17)5)23(7)24(8)32-22(6)18(2)20(4)26(10)34(32)35(33)12-14-37-30-15-27-11-13-36-29(27)16-28(30)35/h11-16H,1-10H3. The van der Waals surface area contributed by atoms with Gasteiger partial charge in [0.05, 0.1) is 17.9 Å². The Morgan fingerprint density at radius 2 is 1.11 bits per heavy atom. The number of furan rings is 1. The van der Waals surface area contributed by atoms with Gasteiger partial charge in [-0.2, -0.15) is 0 Å². The molecule has 0 fully saturated rings. The Bertz CT molecular complexity index is 1660. The molecule has 2 nitrogen and oxygen atoms in total. The average molecular weight is 489 g/mol. The smallest absolute Gasteiger partial charge is 0.134 e. The van der Waals surface area contributed by atoms with Gasteiger partial charge in [-0.1, -0.05) is 0 Å². The predicted molar refractivity (Wildman–Crippen MR) is 155 cm³/mol. The van der Waals surface area contributed by atoms with E-state index in [1.807, 2.05) is 12.3 Å². The predicted octanol–water partition coefficient (Wildman–Crippen LogP) is 9.40. The van der Waals surface area contributed by atoms with Crippen molar-refractivity contribution in [3.8, 4) is 5.75 Å². The Labute approximate surface area is 220 Å². The number of benzene rings is 3. The van der Waals surface area contributed by atoms with Crippen LogP contribution in [0.25, 0.3) is 22.1 Å². The van der Waals surface area contributed by atoms with Crippen molar-refractivity contribution < 1.29 is 9.15 Å². The molecule has 0 saturated carbocycles. The number of allylic oxidation sites excluding steroid dienone is 3. The van der Waals surface area contributed by atoms with E-state index >= 15 is 0 Å². The van der Waals surface area contributed by atoms with Gasteiger partial charge in [0, 0.05) is 10.9 Å². The lowest BCUT2D eigenvalue weighted by Gasteiger charge is -2.41. The lowest BCUT2D eigenvalue weighted by atomic mass is 9.62. The maximum atomic E-state index is 6.27. The van der Waals surface area contributed by atoms with Crippen LogP contribution < -0.4 is 4.74 Å². The first-order valence-electron chi connectivity index (χ1n) is 13.3. The van der Waals surface area contributed by atoms with Gasteiger partial charge in [-0.3, -0.25) is 0 Å². The van der Waals surface area contributed by atoms with Crippen molar-refractivity contribution >= 4 is 22.1 Å². The summed E-state index contributed by atoms with van der Waals surface area (Å²) in [6.45, 7) is 23.0. The number of fused-ring (bicyclic) bond motifs is 7. The second-order valence-corrected chi connectivity index (χ2v) is 11.3. The molecule has 188 valence electrons. The van der Waals surface area contributed by atoms with Gasteiger partial charge in [0.2, 0.25) is 0 Å². The maximum Gasteiger partial charge on any atom is 0.134 e. The van der Waals surface area contributed by atoms with Crippen LogP contribution in [0.1, 0.15) is 86.2 Å². The molecule has 0 radical (unpaired) electrons. The van der Waals surface area contributed by atoms with E-state index in [9.17, 15) is 0 Å². The Balaban J connectivity index is 1.97. The first kappa shape index (κ1) is 23.9. The van der Waals surface area contributed by atoms with Crippen LogP contribution in [0.4, 0.5) is 0 Å². The highest BCUT2D eigenvalue weighted by Gasteiger charge is 2.47. The van der Waals surface area contributed by atoms with E-state index in [-0.39, 0.29) is 0 Å². The summed E-state index contributed by atoms with van der Waals surface area (Å²) >= 11 is 0. The zero-order valence-corrected chi connectivity index (χ0v) is 23.8. The molecule has 0 N–H and O–H groups in total. The van der Waals surface area contributed by atoms with Crippen LogP contribution in [-0.2, 0) is 5.41 Å². The lowest BCUT2D eigenvalue weighted by molar-refractivity contribution is 0.444. The summed E-state index contributed by atoms with van der Waals surface area (Å²) < 4.78 is 12.2. The van der Waals surface area contributed by atoms with Gasteiger partial charge >= 0.3 is 0 Å². The quantitative estimate of drug-likeness (QED) is 0.246. The minimum absolute atomic E-state index is 0.515. The molecule has 2 heteroatoms. The molecule has 2 heterocycles. The van der Waals surface area contributed by atoms with Gasteiger partial charge in [-0.15, -0.1) is 0 Å². The van der Waals surface area contributed by atoms with Crippen LogP contribution in [0, 0.1) is 55.4 Å². The van der Waals surface area contributed by atoms with Crippen molar-refractivity contribution in [2.75, 3.05) is 0 Å². The van der Waals surface area contributed by atoms with Gasteiger partial charge in [0.15, 0.2) is 0 Å². The van der Waals surface area contributed by atoms with Crippen LogP contribution >= 0.6 is 0 Å². The summed E-state index contributed by atoms with van der Waals surface area (Å²) in [6, 6.07) is 6.38. The van der Waals surface area contributed by atoms with Gasteiger partial charge < -0.3 is 9.15 Å². The Hall–Kier alpha value is -3.52. The lowest BCUT2D eigenvalue weighted by Crippen LogP contribution is -2.34. The third-order valence-corrected chi connectivity index (χ3v) is 9.97. The Kier molecular flexibility index (Phi) is 4.99. The van der Waals surface area contributed by atoms with E-state index in [1.165, 1.54) is 77.9 Å². The molecule has 0 amide bonds. The summed E-state index contributed by atoms with van der Waals surface area (Å²) in [6.07, 6.45) is 6.01. The average Bonchev–Trinajstić information content (AvgIpc) is 3.32. The number of hydrogen-bond acceptors (Lipinski definition) is 2. The summed E-state index contributed by atoms with van der Waals surface area (Å²) in [5.41, 5.74) is 20.7. The molecule has 1 aliphatic heterocycles. The van der Waals surface area contributed by atoms with Crippen molar-refractivity contribution in [2.45, 2.75) is 74.7 Å². The van der Waals surface area contributed by atoms with Crippen molar-refractivity contribution in [1.82, 2.24) is 0 Å². The van der Waals surface area contributed by atoms with Crippen LogP contribution in [0.15, 0.2) is 41.2 Å². The second-order valence-electron chi connectivity index (χ2n) is 11.3. The third-order valence-electron chi connectivity index (χ3n) is 9.97. The minimum atomic E-state index is -0.515. The first-order chi connectivity index (χ1) is 17.5. The fourth-order valence-corrected chi connectivity index (χ4v) is 7.18. The number of ether oxygens (including phenoxy) is 1. The summed E-state index contributed by atoms with van der Waals surface area (Å²) in [7, 11) is 0. The van der Waals surface area contributed by atoms with E-state index in [1.54, 1.807) is 6.26 Å². The van der Waals surface area contributed by atoms with E-state index in [0.717, 1.165) is 22.3 Å². The molecular weight excluding hydrogens is 452 g/mol. The van der Waals surface area contributed by atoms with Crippen molar-refractivity contribution in [1.29, 1.82) is 0 Å². The molecule has 2 aliphatic rings. The summed E-state index contributed by atoms with van der Waals surface area (Å²) in [5.74, 6) is 0.899. The molecule has 0 bridgehead atoms. The molecule has 1 aromatic heterocycles. The fraction of sp³-hybridized carbons (Fsp3) is 0.314.